The Morgan fingerprint density at radius 2 is 1.64 bits per heavy atom. The number of carbonyl (C=O) groups is 1. The fourth-order valence-electron chi connectivity index (χ4n) is 0. The zero-order chi connectivity index (χ0) is 12.1. The van der Waals surface area contributed by atoms with Crippen LogP contribution in [0, 0.1) is 11.3 Å². The number of nitrogens with zero attached hydrogens (tertiary/aromatic N) is 1. The van der Waals surface area contributed by atoms with Gasteiger partial charge in [-0.15, -0.1) is 0 Å². The van der Waals surface area contributed by atoms with Gasteiger partial charge in [0.25, 0.3) is 0 Å². The molecule has 0 heterocycles. The molecule has 0 rings (SSSR count). The molecule has 3 nitrogen and oxygen atoms in total. The fraction of sp³-hybridized carbons (Fsp3) is 0.111. The molecule has 0 aromatic heterocycles. The zero-order valence-electron chi connectivity index (χ0n) is 7.89. The van der Waals surface area contributed by atoms with Gasteiger partial charge in [0, 0.05) is 11.6 Å². The normalized spacial score (nSPS) is 6.14. The summed E-state index contributed by atoms with van der Waals surface area (Å²) in [5.74, 6) is -0.435. The lowest BCUT2D eigenvalue weighted by molar-refractivity contribution is -0.114. The van der Waals surface area contributed by atoms with Gasteiger partial charge in [-0.2, -0.15) is 5.26 Å². The number of halogens is 2. The van der Waals surface area contributed by atoms with Crippen LogP contribution in [0.5, 0.6) is 0 Å². The summed E-state index contributed by atoms with van der Waals surface area (Å²) >= 11 is 9.69. The van der Waals surface area contributed by atoms with Gasteiger partial charge in [-0.05, 0) is 6.92 Å². The van der Waals surface area contributed by atoms with Crippen LogP contribution in [-0.4, -0.2) is 5.91 Å². The van der Waals surface area contributed by atoms with Gasteiger partial charge in [-0.25, -0.2) is 0 Å². The van der Waals surface area contributed by atoms with Crippen LogP contribution >= 0.6 is 23.2 Å². The number of nitrogens with two attached hydrogens (primary N) is 1. The van der Waals surface area contributed by atoms with E-state index in [2.05, 4.69) is 19.7 Å². The summed E-state index contributed by atoms with van der Waals surface area (Å²) < 4.78 is 0.111. The van der Waals surface area contributed by atoms with Crippen molar-refractivity contribution in [3.05, 3.63) is 35.9 Å². The average molecular weight is 235 g/mol. The largest absolute Gasteiger partial charge is 0.366 e. The van der Waals surface area contributed by atoms with Crippen LogP contribution in [0.25, 0.3) is 0 Å². The first-order valence-electron chi connectivity index (χ1n) is 3.25. The molecule has 0 aromatic rings. The van der Waals surface area contributed by atoms with Crippen LogP contribution in [0.15, 0.2) is 35.9 Å². The SMILES string of the molecule is C=C(C)C(N)=O.C=C(Cl)Cl.C=CC#N. The van der Waals surface area contributed by atoms with Gasteiger partial charge in [0.2, 0.25) is 5.91 Å². The van der Waals surface area contributed by atoms with Crippen molar-refractivity contribution in [2.24, 2.45) is 5.73 Å². The van der Waals surface area contributed by atoms with Crippen molar-refractivity contribution in [2.45, 2.75) is 6.92 Å². The topological polar surface area (TPSA) is 66.9 Å². The lowest BCUT2D eigenvalue weighted by Gasteiger charge is -1.81. The van der Waals surface area contributed by atoms with Gasteiger partial charge < -0.3 is 5.73 Å². The van der Waals surface area contributed by atoms with E-state index in [4.69, 9.17) is 34.2 Å². The highest BCUT2D eigenvalue weighted by atomic mass is 35.5. The molecule has 0 atom stereocenters. The Morgan fingerprint density at radius 3 is 1.64 bits per heavy atom. The summed E-state index contributed by atoms with van der Waals surface area (Å²) in [7, 11) is 0. The average Bonchev–Trinajstić information content (AvgIpc) is 2.03. The fourth-order valence-corrected chi connectivity index (χ4v) is 0. The second kappa shape index (κ2) is 14.3. The summed E-state index contributed by atoms with van der Waals surface area (Å²) in [6, 6.07) is 1.69. The lowest BCUT2D eigenvalue weighted by Crippen LogP contribution is -2.10. The smallest absolute Gasteiger partial charge is 0.243 e. The van der Waals surface area contributed by atoms with Gasteiger partial charge in [0.05, 0.1) is 10.6 Å². The molecular weight excluding hydrogens is 223 g/mol. The zero-order valence-corrected chi connectivity index (χ0v) is 9.40. The van der Waals surface area contributed by atoms with Crippen molar-refractivity contribution < 1.29 is 4.79 Å². The number of hydrogen-bond donors (Lipinski definition) is 1. The molecule has 0 aliphatic carbocycles. The maximum absolute atomic E-state index is 9.82. The molecule has 0 radical (unpaired) electrons. The number of amides is 1. The van der Waals surface area contributed by atoms with Crippen LogP contribution < -0.4 is 5.73 Å². The Labute approximate surface area is 94.1 Å². The van der Waals surface area contributed by atoms with Crippen molar-refractivity contribution in [1.82, 2.24) is 0 Å². The standard InChI is InChI=1S/C4H7NO.C3H3N.C2H2Cl2/c1-3(2)4(5)6;1-2-3-4;1-2(3)4/h1H2,2H3,(H2,5,6);2H,1H2;1H2. The number of hydrogen-bond acceptors (Lipinski definition) is 2. The number of carbonyl (C=O) groups excluding carboxylic acids is 1. The minimum Gasteiger partial charge on any atom is -0.366 e. The predicted molar refractivity (Wildman–Crippen MR) is 60.7 cm³/mol. The summed E-state index contributed by atoms with van der Waals surface area (Å²) in [5.41, 5.74) is 5.09. The first-order valence-corrected chi connectivity index (χ1v) is 4.00. The third kappa shape index (κ3) is 72.5. The van der Waals surface area contributed by atoms with Crippen molar-refractivity contribution >= 4 is 29.1 Å². The maximum atomic E-state index is 9.82. The molecule has 2 N–H and O–H groups in total. The van der Waals surface area contributed by atoms with E-state index >= 15 is 0 Å². The molecule has 0 spiro atoms. The minimum atomic E-state index is -0.435. The van der Waals surface area contributed by atoms with E-state index in [9.17, 15) is 4.79 Å². The van der Waals surface area contributed by atoms with Gasteiger partial charge in [0.1, 0.15) is 0 Å². The molecule has 0 saturated carbocycles. The third-order valence-corrected chi connectivity index (χ3v) is 0.512. The maximum Gasteiger partial charge on any atom is 0.243 e. The van der Waals surface area contributed by atoms with E-state index in [-0.39, 0.29) is 4.49 Å². The number of rotatable bonds is 1. The summed E-state index contributed by atoms with van der Waals surface area (Å²) in [5, 5.41) is 7.51. The molecule has 1 amide bonds. The summed E-state index contributed by atoms with van der Waals surface area (Å²) in [4.78, 5) is 9.82. The van der Waals surface area contributed by atoms with E-state index in [1.54, 1.807) is 13.0 Å². The molecule has 0 unspecified atom stereocenters. The minimum absolute atomic E-state index is 0.111. The quantitative estimate of drug-likeness (QED) is 0.560. The highest BCUT2D eigenvalue weighted by molar-refractivity contribution is 6.55. The lowest BCUT2D eigenvalue weighted by atomic mass is 10.3. The third-order valence-electron chi connectivity index (χ3n) is 0.512. The van der Waals surface area contributed by atoms with Gasteiger partial charge >= 0.3 is 0 Å². The molecule has 0 saturated heterocycles. The monoisotopic (exact) mass is 234 g/mol. The van der Waals surface area contributed by atoms with Crippen molar-refractivity contribution in [3.63, 3.8) is 0 Å². The van der Waals surface area contributed by atoms with Gasteiger partial charge in [0.15, 0.2) is 0 Å². The number of nitriles is 1. The Balaban J connectivity index is -0.000000135. The van der Waals surface area contributed by atoms with Crippen molar-refractivity contribution in [1.29, 1.82) is 5.26 Å². The summed E-state index contributed by atoms with van der Waals surface area (Å²) in [6.07, 6.45) is 1.18. The molecule has 5 heteroatoms. The van der Waals surface area contributed by atoms with Crippen LogP contribution in [0.1, 0.15) is 6.92 Å². The molecule has 0 bridgehead atoms. The van der Waals surface area contributed by atoms with E-state index in [0.717, 1.165) is 0 Å². The Bertz CT molecular complexity index is 238. The first-order chi connectivity index (χ1) is 6.29. The Kier molecular flexibility index (Phi) is 18.9. The molecule has 0 aliphatic rings. The molecule has 78 valence electrons. The molecule has 0 aromatic carbocycles. The molecular formula is C9H12Cl2N2O. The Hall–Kier alpha value is -1.24. The van der Waals surface area contributed by atoms with E-state index in [1.165, 1.54) is 6.08 Å². The molecule has 0 fully saturated rings. The van der Waals surface area contributed by atoms with E-state index in [1.807, 2.05) is 0 Å². The van der Waals surface area contributed by atoms with Crippen molar-refractivity contribution in [3.8, 4) is 6.07 Å². The first kappa shape index (κ1) is 18.5. The number of allylic oxidation sites excluding steroid dienone is 1. The molecule has 14 heavy (non-hydrogen) atoms. The highest BCUT2D eigenvalue weighted by Gasteiger charge is 1.86. The Morgan fingerprint density at radius 1 is 1.50 bits per heavy atom. The predicted octanol–water partition coefficient (Wildman–Crippen LogP) is 2.68. The highest BCUT2D eigenvalue weighted by Crippen LogP contribution is 1.98. The number of primary amides is 1. The second-order valence-corrected chi connectivity index (χ2v) is 2.92. The van der Waals surface area contributed by atoms with Crippen LogP contribution in [0.4, 0.5) is 0 Å². The van der Waals surface area contributed by atoms with Gasteiger partial charge in [-0.1, -0.05) is 42.9 Å². The van der Waals surface area contributed by atoms with Crippen LogP contribution in [0.3, 0.4) is 0 Å². The van der Waals surface area contributed by atoms with E-state index in [0.29, 0.717) is 5.57 Å². The second-order valence-electron chi connectivity index (χ2n) is 1.82. The summed E-state index contributed by atoms with van der Waals surface area (Å²) in [6.45, 7) is 11.1. The van der Waals surface area contributed by atoms with E-state index < -0.39 is 5.91 Å². The van der Waals surface area contributed by atoms with Crippen LogP contribution in [-0.2, 0) is 4.79 Å². The van der Waals surface area contributed by atoms with Crippen molar-refractivity contribution in [2.75, 3.05) is 0 Å². The van der Waals surface area contributed by atoms with Crippen LogP contribution in [0.2, 0.25) is 0 Å². The van der Waals surface area contributed by atoms with Gasteiger partial charge in [-0.3, -0.25) is 4.79 Å². The molecule has 0 aliphatic heterocycles.